The third-order valence-corrected chi connectivity index (χ3v) is 10.5. The zero-order valence-electron chi connectivity index (χ0n) is 30.9. The number of hydrogen-bond acceptors (Lipinski definition) is 0. The lowest BCUT2D eigenvalue weighted by atomic mass is 9.89. The van der Waals surface area contributed by atoms with Gasteiger partial charge < -0.3 is 0 Å². The van der Waals surface area contributed by atoms with Gasteiger partial charge in [0.05, 0.1) is 0 Å². The smallest absolute Gasteiger partial charge is 0.0443 e. The second-order valence-corrected chi connectivity index (χ2v) is 15.5. The molecule has 0 fully saturated rings. The van der Waals surface area contributed by atoms with Crippen LogP contribution >= 0.6 is 0 Å². The minimum absolute atomic E-state index is 0.937. The van der Waals surface area contributed by atoms with Crippen LogP contribution in [0, 0.1) is 23.7 Å². The topological polar surface area (TPSA) is 0 Å². The van der Waals surface area contributed by atoms with Gasteiger partial charge in [-0.15, -0.1) is 0 Å². The molecule has 4 atom stereocenters. The fourth-order valence-corrected chi connectivity index (χ4v) is 7.16. The number of unbranched alkanes of at least 4 members (excludes halogenated alkanes) is 19. The van der Waals surface area contributed by atoms with E-state index < -0.39 is 0 Å². The second kappa shape index (κ2) is 33.9. The molecule has 0 saturated heterocycles. The first kappa shape index (κ1) is 42.0. The van der Waals surface area contributed by atoms with Crippen LogP contribution in [0.5, 0.6) is 0 Å². The maximum Gasteiger partial charge on any atom is -0.0443 e. The minimum atomic E-state index is 0.937. The molecular weight excluding hydrogens is 504 g/mol. The summed E-state index contributed by atoms with van der Waals surface area (Å²) in [6.07, 6.45) is 46.9. The molecule has 0 heterocycles. The van der Waals surface area contributed by atoms with E-state index in [1.54, 1.807) is 0 Å². The lowest BCUT2D eigenvalue weighted by molar-refractivity contribution is 0.364. The molecule has 0 heteroatoms. The molecule has 0 N–H and O–H groups in total. The standard InChI is InChI=1S/C42H86/c1-7-9-11-13-15-17-18-19-21-23-25-27-32-40(4)34-29-36-42(6)38-30-37-41(5)35-28-33-39(3)31-26-24-22-20-16-14-12-10-8-2/h39-42H,7-38H2,1-6H3. The monoisotopic (exact) mass is 591 g/mol. The Morgan fingerprint density at radius 3 is 0.595 bits per heavy atom. The fraction of sp³-hybridized carbons (Fsp3) is 1.00. The summed E-state index contributed by atoms with van der Waals surface area (Å²) in [5, 5.41) is 0. The van der Waals surface area contributed by atoms with Gasteiger partial charge >= 0.3 is 0 Å². The van der Waals surface area contributed by atoms with Crippen LogP contribution in [0.4, 0.5) is 0 Å². The molecule has 0 aromatic rings. The molecule has 0 aliphatic heterocycles. The average Bonchev–Trinajstić information content (AvgIpc) is 2.97. The molecule has 0 aromatic heterocycles. The Hall–Kier alpha value is 0. The van der Waals surface area contributed by atoms with Gasteiger partial charge in [0.25, 0.3) is 0 Å². The highest BCUT2D eigenvalue weighted by Crippen LogP contribution is 2.25. The Morgan fingerprint density at radius 2 is 0.381 bits per heavy atom. The molecule has 0 bridgehead atoms. The van der Waals surface area contributed by atoms with Crippen LogP contribution in [0.1, 0.15) is 247 Å². The molecule has 4 unspecified atom stereocenters. The van der Waals surface area contributed by atoms with Gasteiger partial charge in [0.1, 0.15) is 0 Å². The van der Waals surface area contributed by atoms with Crippen LogP contribution in [0.3, 0.4) is 0 Å². The Labute approximate surface area is 270 Å². The summed E-state index contributed by atoms with van der Waals surface area (Å²) in [5.74, 6) is 3.77. The van der Waals surface area contributed by atoms with Crippen molar-refractivity contribution in [1.82, 2.24) is 0 Å². The van der Waals surface area contributed by atoms with Crippen molar-refractivity contribution in [2.75, 3.05) is 0 Å². The van der Waals surface area contributed by atoms with Crippen molar-refractivity contribution in [2.45, 2.75) is 247 Å². The molecule has 0 nitrogen and oxygen atoms in total. The van der Waals surface area contributed by atoms with Crippen molar-refractivity contribution in [3.8, 4) is 0 Å². The highest BCUT2D eigenvalue weighted by Gasteiger charge is 2.09. The van der Waals surface area contributed by atoms with Crippen LogP contribution in [0.2, 0.25) is 0 Å². The van der Waals surface area contributed by atoms with Crippen molar-refractivity contribution in [3.63, 3.8) is 0 Å². The van der Waals surface area contributed by atoms with Gasteiger partial charge in [-0.1, -0.05) is 247 Å². The normalized spacial score (nSPS) is 14.7. The summed E-state index contributed by atoms with van der Waals surface area (Å²) in [7, 11) is 0. The van der Waals surface area contributed by atoms with Crippen molar-refractivity contribution in [1.29, 1.82) is 0 Å². The summed E-state index contributed by atoms with van der Waals surface area (Å²) in [6, 6.07) is 0. The van der Waals surface area contributed by atoms with Crippen LogP contribution in [0.15, 0.2) is 0 Å². The summed E-state index contributed by atoms with van der Waals surface area (Å²) < 4.78 is 0. The van der Waals surface area contributed by atoms with Gasteiger partial charge in [-0.3, -0.25) is 0 Å². The second-order valence-electron chi connectivity index (χ2n) is 15.5. The van der Waals surface area contributed by atoms with E-state index in [0.29, 0.717) is 0 Å². The first-order chi connectivity index (χ1) is 20.5. The van der Waals surface area contributed by atoms with Gasteiger partial charge in [0.15, 0.2) is 0 Å². The Balaban J connectivity index is 3.46. The largest absolute Gasteiger partial charge is 0.0654 e. The van der Waals surface area contributed by atoms with E-state index in [0.717, 1.165) is 23.7 Å². The highest BCUT2D eigenvalue weighted by atomic mass is 14.2. The van der Waals surface area contributed by atoms with E-state index in [9.17, 15) is 0 Å². The quantitative estimate of drug-likeness (QED) is 0.0644. The predicted octanol–water partition coefficient (Wildman–Crippen LogP) is 16.1. The molecule has 0 saturated carbocycles. The molecule has 0 radical (unpaired) electrons. The SMILES string of the molecule is CCCCCCCCCCCCCCC(C)CCCC(C)CCCC(C)CCCC(C)CCCCCCCCCCC. The summed E-state index contributed by atoms with van der Waals surface area (Å²) in [4.78, 5) is 0. The third-order valence-electron chi connectivity index (χ3n) is 10.5. The summed E-state index contributed by atoms with van der Waals surface area (Å²) in [6.45, 7) is 14.7. The summed E-state index contributed by atoms with van der Waals surface area (Å²) >= 11 is 0. The molecule has 0 aliphatic rings. The van der Waals surface area contributed by atoms with E-state index >= 15 is 0 Å². The molecule has 42 heavy (non-hydrogen) atoms. The lowest BCUT2D eigenvalue weighted by Crippen LogP contribution is -2.02. The molecule has 254 valence electrons. The van der Waals surface area contributed by atoms with Crippen molar-refractivity contribution < 1.29 is 0 Å². The van der Waals surface area contributed by atoms with Crippen LogP contribution < -0.4 is 0 Å². The van der Waals surface area contributed by atoms with E-state index in [1.165, 1.54) is 205 Å². The van der Waals surface area contributed by atoms with E-state index in [4.69, 9.17) is 0 Å². The Kier molecular flexibility index (Phi) is 33.9. The zero-order valence-corrected chi connectivity index (χ0v) is 30.9. The maximum absolute atomic E-state index is 2.52. The highest BCUT2D eigenvalue weighted by molar-refractivity contribution is 4.62. The maximum atomic E-state index is 2.52. The van der Waals surface area contributed by atoms with Crippen LogP contribution in [0.25, 0.3) is 0 Å². The Bertz CT molecular complexity index is 480. The van der Waals surface area contributed by atoms with E-state index in [1.807, 2.05) is 0 Å². The van der Waals surface area contributed by atoms with E-state index in [-0.39, 0.29) is 0 Å². The molecular formula is C42H86. The van der Waals surface area contributed by atoms with Crippen LogP contribution in [-0.2, 0) is 0 Å². The molecule has 0 rings (SSSR count). The zero-order chi connectivity index (χ0) is 30.9. The van der Waals surface area contributed by atoms with Gasteiger partial charge in [-0.25, -0.2) is 0 Å². The van der Waals surface area contributed by atoms with Crippen molar-refractivity contribution in [2.24, 2.45) is 23.7 Å². The predicted molar refractivity (Wildman–Crippen MR) is 196 cm³/mol. The van der Waals surface area contributed by atoms with E-state index in [2.05, 4.69) is 41.5 Å². The fourth-order valence-electron chi connectivity index (χ4n) is 7.16. The number of rotatable bonds is 35. The van der Waals surface area contributed by atoms with Gasteiger partial charge in [-0.05, 0) is 23.7 Å². The lowest BCUT2D eigenvalue weighted by Gasteiger charge is -2.17. The minimum Gasteiger partial charge on any atom is -0.0654 e. The van der Waals surface area contributed by atoms with Crippen molar-refractivity contribution >= 4 is 0 Å². The molecule has 0 aromatic carbocycles. The van der Waals surface area contributed by atoms with Crippen LogP contribution in [-0.4, -0.2) is 0 Å². The first-order valence-corrected chi connectivity index (χ1v) is 20.5. The average molecular weight is 591 g/mol. The first-order valence-electron chi connectivity index (χ1n) is 20.5. The molecule has 0 spiro atoms. The number of hydrogen-bond donors (Lipinski definition) is 0. The van der Waals surface area contributed by atoms with Gasteiger partial charge in [0, 0.05) is 0 Å². The van der Waals surface area contributed by atoms with Gasteiger partial charge in [0.2, 0.25) is 0 Å². The van der Waals surface area contributed by atoms with Gasteiger partial charge in [-0.2, -0.15) is 0 Å². The molecule has 0 aliphatic carbocycles. The Morgan fingerprint density at radius 1 is 0.214 bits per heavy atom. The molecule has 0 amide bonds. The summed E-state index contributed by atoms with van der Waals surface area (Å²) in [5.41, 5.74) is 0. The van der Waals surface area contributed by atoms with Crippen molar-refractivity contribution in [3.05, 3.63) is 0 Å². The third kappa shape index (κ3) is 32.9.